The molecular formula is C12H21NO3. The van der Waals surface area contributed by atoms with Crippen LogP contribution in [0.2, 0.25) is 0 Å². The molecule has 0 aromatic heterocycles. The standard InChI is InChI=1S/C12H21NO3/c1-2-12(11(14)15)5-3-6-13(12)8-10-4-7-16-9-10/h10H,2-9H2,1H3,(H,14,15). The maximum absolute atomic E-state index is 11.5. The van der Waals surface area contributed by atoms with Gasteiger partial charge in [0.1, 0.15) is 5.54 Å². The van der Waals surface area contributed by atoms with Crippen molar-refractivity contribution in [2.45, 2.75) is 38.1 Å². The van der Waals surface area contributed by atoms with Crippen LogP contribution in [0.25, 0.3) is 0 Å². The van der Waals surface area contributed by atoms with E-state index in [9.17, 15) is 9.90 Å². The van der Waals surface area contributed by atoms with Gasteiger partial charge in [0.15, 0.2) is 0 Å². The van der Waals surface area contributed by atoms with Gasteiger partial charge in [0.25, 0.3) is 0 Å². The second-order valence-corrected chi connectivity index (χ2v) is 4.97. The molecule has 0 bridgehead atoms. The van der Waals surface area contributed by atoms with Crippen LogP contribution in [-0.2, 0) is 9.53 Å². The van der Waals surface area contributed by atoms with Gasteiger partial charge < -0.3 is 9.84 Å². The van der Waals surface area contributed by atoms with Crippen molar-refractivity contribution in [1.82, 2.24) is 4.90 Å². The zero-order valence-corrected chi connectivity index (χ0v) is 9.95. The van der Waals surface area contributed by atoms with Crippen LogP contribution in [0.3, 0.4) is 0 Å². The minimum atomic E-state index is -0.647. The van der Waals surface area contributed by atoms with E-state index >= 15 is 0 Å². The molecule has 2 aliphatic heterocycles. The van der Waals surface area contributed by atoms with Crippen LogP contribution in [0.4, 0.5) is 0 Å². The van der Waals surface area contributed by atoms with E-state index in [1.807, 2.05) is 6.92 Å². The minimum Gasteiger partial charge on any atom is -0.480 e. The first-order chi connectivity index (χ1) is 7.69. The summed E-state index contributed by atoms with van der Waals surface area (Å²) in [5, 5.41) is 9.44. The molecule has 4 nitrogen and oxygen atoms in total. The fourth-order valence-electron chi connectivity index (χ4n) is 3.03. The van der Waals surface area contributed by atoms with Crippen LogP contribution in [-0.4, -0.2) is 47.8 Å². The van der Waals surface area contributed by atoms with Gasteiger partial charge in [0.2, 0.25) is 0 Å². The van der Waals surface area contributed by atoms with Crippen molar-refractivity contribution >= 4 is 5.97 Å². The summed E-state index contributed by atoms with van der Waals surface area (Å²) in [5.41, 5.74) is -0.595. The predicted molar refractivity (Wildman–Crippen MR) is 60.4 cm³/mol. The molecule has 92 valence electrons. The summed E-state index contributed by atoms with van der Waals surface area (Å²) < 4.78 is 5.36. The Hall–Kier alpha value is -0.610. The van der Waals surface area contributed by atoms with E-state index < -0.39 is 11.5 Å². The molecule has 0 radical (unpaired) electrons. The third-order valence-corrected chi connectivity index (χ3v) is 4.11. The lowest BCUT2D eigenvalue weighted by molar-refractivity contribution is -0.150. The fraction of sp³-hybridized carbons (Fsp3) is 0.917. The SMILES string of the molecule is CCC1(C(=O)O)CCCN1CC1CCOC1. The number of aliphatic carboxylic acids is 1. The van der Waals surface area contributed by atoms with Gasteiger partial charge in [-0.3, -0.25) is 9.69 Å². The molecule has 16 heavy (non-hydrogen) atoms. The number of carbonyl (C=O) groups is 1. The Morgan fingerprint density at radius 2 is 2.44 bits per heavy atom. The highest BCUT2D eigenvalue weighted by atomic mass is 16.5. The maximum Gasteiger partial charge on any atom is 0.324 e. The molecule has 0 spiro atoms. The lowest BCUT2D eigenvalue weighted by Crippen LogP contribution is -2.51. The number of hydrogen-bond donors (Lipinski definition) is 1. The molecule has 2 aliphatic rings. The fourth-order valence-corrected chi connectivity index (χ4v) is 3.03. The molecule has 0 aromatic rings. The van der Waals surface area contributed by atoms with Crippen LogP contribution in [0, 0.1) is 5.92 Å². The third-order valence-electron chi connectivity index (χ3n) is 4.11. The summed E-state index contributed by atoms with van der Waals surface area (Å²) in [6.07, 6.45) is 3.59. The molecule has 1 N–H and O–H groups in total. The van der Waals surface area contributed by atoms with E-state index in [1.54, 1.807) is 0 Å². The monoisotopic (exact) mass is 227 g/mol. The van der Waals surface area contributed by atoms with E-state index in [0.29, 0.717) is 12.3 Å². The quantitative estimate of drug-likeness (QED) is 0.787. The van der Waals surface area contributed by atoms with Gasteiger partial charge in [-0.1, -0.05) is 6.92 Å². The van der Waals surface area contributed by atoms with Crippen LogP contribution in [0.1, 0.15) is 32.6 Å². The molecule has 0 aromatic carbocycles. The van der Waals surface area contributed by atoms with Crippen molar-refractivity contribution in [3.05, 3.63) is 0 Å². The van der Waals surface area contributed by atoms with E-state index in [2.05, 4.69) is 4.90 Å². The average Bonchev–Trinajstić information content (AvgIpc) is 2.88. The zero-order chi connectivity index (χ0) is 11.6. The van der Waals surface area contributed by atoms with Crippen molar-refractivity contribution in [3.8, 4) is 0 Å². The molecule has 4 heteroatoms. The summed E-state index contributed by atoms with van der Waals surface area (Å²) in [6.45, 7) is 5.44. The Morgan fingerprint density at radius 3 is 3.00 bits per heavy atom. The average molecular weight is 227 g/mol. The van der Waals surface area contributed by atoms with E-state index in [1.165, 1.54) is 0 Å². The number of ether oxygens (including phenoxy) is 1. The van der Waals surface area contributed by atoms with Crippen LogP contribution in [0.15, 0.2) is 0 Å². The van der Waals surface area contributed by atoms with Gasteiger partial charge in [-0.15, -0.1) is 0 Å². The molecule has 2 unspecified atom stereocenters. The minimum absolute atomic E-state index is 0.531. The Bertz CT molecular complexity index is 263. The third kappa shape index (κ3) is 1.96. The van der Waals surface area contributed by atoms with Crippen LogP contribution >= 0.6 is 0 Å². The number of likely N-dealkylation sites (tertiary alicyclic amines) is 1. The highest BCUT2D eigenvalue weighted by Crippen LogP contribution is 2.34. The van der Waals surface area contributed by atoms with Crippen LogP contribution < -0.4 is 0 Å². The number of carboxylic acid groups (broad SMARTS) is 1. The Balaban J connectivity index is 2.03. The second kappa shape index (κ2) is 4.72. The van der Waals surface area contributed by atoms with E-state index in [0.717, 1.165) is 45.6 Å². The molecule has 2 saturated heterocycles. The maximum atomic E-state index is 11.5. The molecular weight excluding hydrogens is 206 g/mol. The summed E-state index contributed by atoms with van der Waals surface area (Å²) >= 11 is 0. The number of nitrogens with zero attached hydrogens (tertiary/aromatic N) is 1. The van der Waals surface area contributed by atoms with Crippen molar-refractivity contribution in [1.29, 1.82) is 0 Å². The van der Waals surface area contributed by atoms with Gasteiger partial charge in [-0.25, -0.2) is 0 Å². The van der Waals surface area contributed by atoms with Crippen molar-refractivity contribution in [2.75, 3.05) is 26.3 Å². The highest BCUT2D eigenvalue weighted by molar-refractivity contribution is 5.79. The molecule has 2 atom stereocenters. The van der Waals surface area contributed by atoms with Gasteiger partial charge in [-0.2, -0.15) is 0 Å². The Morgan fingerprint density at radius 1 is 1.62 bits per heavy atom. The lowest BCUT2D eigenvalue weighted by Gasteiger charge is -2.35. The molecule has 2 rings (SSSR count). The molecule has 0 aliphatic carbocycles. The first kappa shape index (κ1) is 11.9. The zero-order valence-electron chi connectivity index (χ0n) is 9.95. The Labute approximate surface area is 96.6 Å². The largest absolute Gasteiger partial charge is 0.480 e. The lowest BCUT2D eigenvalue weighted by atomic mass is 9.92. The topological polar surface area (TPSA) is 49.8 Å². The van der Waals surface area contributed by atoms with Crippen molar-refractivity contribution < 1.29 is 14.6 Å². The van der Waals surface area contributed by atoms with Crippen molar-refractivity contribution in [3.63, 3.8) is 0 Å². The van der Waals surface area contributed by atoms with Crippen molar-refractivity contribution in [2.24, 2.45) is 5.92 Å². The first-order valence-corrected chi connectivity index (χ1v) is 6.25. The molecule has 0 saturated carbocycles. The first-order valence-electron chi connectivity index (χ1n) is 6.25. The van der Waals surface area contributed by atoms with Gasteiger partial charge in [0.05, 0.1) is 6.61 Å². The van der Waals surface area contributed by atoms with E-state index in [-0.39, 0.29) is 0 Å². The number of carboxylic acids is 1. The molecule has 0 amide bonds. The summed E-state index contributed by atoms with van der Waals surface area (Å²) in [5.74, 6) is -0.116. The van der Waals surface area contributed by atoms with Gasteiger partial charge in [0, 0.05) is 13.2 Å². The summed E-state index contributed by atoms with van der Waals surface area (Å²) in [7, 11) is 0. The van der Waals surface area contributed by atoms with Gasteiger partial charge in [-0.05, 0) is 38.1 Å². The highest BCUT2D eigenvalue weighted by Gasteiger charge is 2.46. The molecule has 2 heterocycles. The summed E-state index contributed by atoms with van der Waals surface area (Å²) in [6, 6.07) is 0. The Kier molecular flexibility index (Phi) is 3.50. The smallest absolute Gasteiger partial charge is 0.324 e. The number of hydrogen-bond acceptors (Lipinski definition) is 3. The summed E-state index contributed by atoms with van der Waals surface area (Å²) in [4.78, 5) is 13.6. The van der Waals surface area contributed by atoms with Crippen LogP contribution in [0.5, 0.6) is 0 Å². The number of rotatable bonds is 4. The predicted octanol–water partition coefficient (Wildman–Crippen LogP) is 1.35. The van der Waals surface area contributed by atoms with Gasteiger partial charge >= 0.3 is 5.97 Å². The van der Waals surface area contributed by atoms with E-state index in [4.69, 9.17) is 4.74 Å². The molecule has 2 fully saturated rings. The second-order valence-electron chi connectivity index (χ2n) is 4.97. The normalized spacial score (nSPS) is 35.7.